The summed E-state index contributed by atoms with van der Waals surface area (Å²) in [5.74, 6) is -0.189. The highest BCUT2D eigenvalue weighted by atomic mass is 32.2. The zero-order valence-corrected chi connectivity index (χ0v) is 20.7. The molecule has 0 unspecified atom stereocenters. The van der Waals surface area contributed by atoms with Gasteiger partial charge < -0.3 is 14.4 Å². The van der Waals surface area contributed by atoms with Crippen LogP contribution in [-0.4, -0.2) is 74.0 Å². The second-order valence-corrected chi connectivity index (χ2v) is 12.6. The van der Waals surface area contributed by atoms with Crippen molar-refractivity contribution in [3.8, 4) is 5.75 Å². The van der Waals surface area contributed by atoms with Crippen LogP contribution in [0.1, 0.15) is 52.9 Å². The number of halogens is 1. The minimum absolute atomic E-state index is 0.0435. The number of carbonyl (C=O) groups excluding carboxylic acids is 1. The van der Waals surface area contributed by atoms with Gasteiger partial charge in [-0.3, -0.25) is 4.90 Å². The lowest BCUT2D eigenvalue weighted by Crippen LogP contribution is -2.53. The summed E-state index contributed by atoms with van der Waals surface area (Å²) >= 11 is 0. The molecule has 1 amide bonds. The van der Waals surface area contributed by atoms with Gasteiger partial charge in [-0.25, -0.2) is 17.6 Å². The second-order valence-electron chi connectivity index (χ2n) is 10.6. The van der Waals surface area contributed by atoms with Gasteiger partial charge in [0, 0.05) is 31.4 Å². The number of benzene rings is 1. The maximum atomic E-state index is 14.2. The van der Waals surface area contributed by atoms with E-state index >= 15 is 0 Å². The smallest absolute Gasteiger partial charge is 0.410 e. The summed E-state index contributed by atoms with van der Waals surface area (Å²) in [6.45, 7) is 7.71. The van der Waals surface area contributed by atoms with Crippen LogP contribution < -0.4 is 4.74 Å². The zero-order chi connectivity index (χ0) is 24.0. The van der Waals surface area contributed by atoms with Crippen molar-refractivity contribution in [2.24, 2.45) is 5.92 Å². The third-order valence-corrected chi connectivity index (χ3v) is 7.98. The molecule has 1 aromatic carbocycles. The molecule has 0 N–H and O–H groups in total. The molecule has 1 aliphatic heterocycles. The summed E-state index contributed by atoms with van der Waals surface area (Å²) in [6.07, 6.45) is 6.03. The van der Waals surface area contributed by atoms with E-state index in [1.54, 1.807) is 0 Å². The number of sulfone groups is 1. The highest BCUT2D eigenvalue weighted by molar-refractivity contribution is 7.90. The Morgan fingerprint density at radius 3 is 2.42 bits per heavy atom. The first-order valence-electron chi connectivity index (χ1n) is 11.8. The molecule has 2 saturated carbocycles. The minimum Gasteiger partial charge on any atom is -0.490 e. The minimum atomic E-state index is -3.44. The fourth-order valence-corrected chi connectivity index (χ4v) is 5.73. The van der Waals surface area contributed by atoms with E-state index in [4.69, 9.17) is 9.47 Å². The van der Waals surface area contributed by atoms with Crippen molar-refractivity contribution in [2.45, 2.75) is 81.5 Å². The van der Waals surface area contributed by atoms with Crippen molar-refractivity contribution in [3.63, 3.8) is 0 Å². The van der Waals surface area contributed by atoms with Gasteiger partial charge in [0.1, 0.15) is 5.60 Å². The van der Waals surface area contributed by atoms with Crippen molar-refractivity contribution in [2.75, 3.05) is 26.0 Å². The second kappa shape index (κ2) is 9.06. The van der Waals surface area contributed by atoms with Crippen molar-refractivity contribution < 1.29 is 27.1 Å². The van der Waals surface area contributed by atoms with E-state index in [9.17, 15) is 17.6 Å². The lowest BCUT2D eigenvalue weighted by atomic mass is 9.85. The van der Waals surface area contributed by atoms with Gasteiger partial charge in [0.25, 0.3) is 0 Å². The number of carbonyl (C=O) groups is 1. The Balaban J connectivity index is 1.23. The first-order valence-corrected chi connectivity index (χ1v) is 13.7. The molecular formula is C24H35FN2O5S. The number of nitrogens with zero attached hydrogens (tertiary/aromatic N) is 2. The predicted molar refractivity (Wildman–Crippen MR) is 123 cm³/mol. The lowest BCUT2D eigenvalue weighted by molar-refractivity contribution is 0.00528. The lowest BCUT2D eigenvalue weighted by Gasteiger charge is -2.41. The summed E-state index contributed by atoms with van der Waals surface area (Å²) in [6, 6.07) is 5.02. The molecule has 0 bridgehead atoms. The van der Waals surface area contributed by atoms with Gasteiger partial charge >= 0.3 is 6.09 Å². The van der Waals surface area contributed by atoms with Gasteiger partial charge in [0.2, 0.25) is 0 Å². The molecular weight excluding hydrogens is 447 g/mol. The molecule has 0 radical (unpaired) electrons. The topological polar surface area (TPSA) is 76.2 Å². The number of ether oxygens (including phenoxy) is 2. The van der Waals surface area contributed by atoms with Crippen molar-refractivity contribution in [1.82, 2.24) is 9.80 Å². The van der Waals surface area contributed by atoms with Gasteiger partial charge in [-0.1, -0.05) is 0 Å². The highest BCUT2D eigenvalue weighted by Gasteiger charge is 2.53. The molecule has 184 valence electrons. The zero-order valence-electron chi connectivity index (χ0n) is 19.9. The van der Waals surface area contributed by atoms with Crippen LogP contribution >= 0.6 is 0 Å². The predicted octanol–water partition coefficient (Wildman–Crippen LogP) is 3.86. The van der Waals surface area contributed by atoms with Gasteiger partial charge in [-0.15, -0.1) is 0 Å². The standard InChI is InChI=1S/C24H35FN2O5S/c1-24(2,3)32-23(28)27-12-11-26(20-14-21(20)27)17-7-5-16(6-8-17)15-31-22-10-9-18(13-19(22)25)33(4,29)30/h9-10,13,16-17,20-21H,5-8,11-12,14-15H2,1-4H3/t16-,17-,20-,21+/m0/s1. The van der Waals surface area contributed by atoms with E-state index < -0.39 is 21.3 Å². The van der Waals surface area contributed by atoms with Crippen LogP contribution in [0.3, 0.4) is 0 Å². The Kier molecular flexibility index (Phi) is 6.66. The van der Waals surface area contributed by atoms with Crippen LogP contribution in [0.2, 0.25) is 0 Å². The maximum absolute atomic E-state index is 14.2. The molecule has 2 aliphatic carbocycles. The summed E-state index contributed by atoms with van der Waals surface area (Å²) < 4.78 is 48.6. The van der Waals surface area contributed by atoms with Crippen molar-refractivity contribution >= 4 is 15.9 Å². The highest BCUT2D eigenvalue weighted by Crippen LogP contribution is 2.41. The number of rotatable bonds is 5. The van der Waals surface area contributed by atoms with Crippen molar-refractivity contribution in [3.05, 3.63) is 24.0 Å². The van der Waals surface area contributed by atoms with E-state index in [2.05, 4.69) is 4.90 Å². The van der Waals surface area contributed by atoms with Crippen LogP contribution in [0.4, 0.5) is 9.18 Å². The van der Waals surface area contributed by atoms with Gasteiger partial charge in [0.05, 0.1) is 17.5 Å². The van der Waals surface area contributed by atoms with Gasteiger partial charge in [-0.05, 0) is 77.0 Å². The average molecular weight is 483 g/mol. The normalized spacial score (nSPS) is 28.2. The number of piperazine rings is 1. The van der Waals surface area contributed by atoms with Gasteiger partial charge in [-0.2, -0.15) is 0 Å². The molecule has 1 heterocycles. The third-order valence-electron chi connectivity index (χ3n) is 6.87. The quantitative estimate of drug-likeness (QED) is 0.634. The SMILES string of the molecule is CC(C)(C)OC(=O)N1CCN([C@H]2CC[C@H](COc3ccc(S(C)(=O)=O)cc3F)CC2)[C@H]2C[C@H]21. The fourth-order valence-electron chi connectivity index (χ4n) is 5.10. The fraction of sp³-hybridized carbons (Fsp3) is 0.708. The molecule has 1 saturated heterocycles. The van der Waals surface area contributed by atoms with E-state index in [0.717, 1.165) is 51.0 Å². The van der Waals surface area contributed by atoms with Crippen LogP contribution in [0, 0.1) is 11.7 Å². The first-order chi connectivity index (χ1) is 15.4. The third kappa shape index (κ3) is 5.80. The van der Waals surface area contributed by atoms with E-state index in [1.165, 1.54) is 12.1 Å². The molecule has 3 aliphatic rings. The first kappa shape index (κ1) is 24.3. The summed E-state index contributed by atoms with van der Waals surface area (Å²) in [5, 5.41) is 0. The Labute approximate surface area is 196 Å². The summed E-state index contributed by atoms with van der Waals surface area (Å²) in [5.41, 5.74) is -0.474. The Morgan fingerprint density at radius 2 is 1.82 bits per heavy atom. The number of hydrogen-bond acceptors (Lipinski definition) is 6. The molecule has 1 aromatic rings. The molecule has 2 atom stereocenters. The van der Waals surface area contributed by atoms with Crippen LogP contribution in [-0.2, 0) is 14.6 Å². The molecule has 9 heteroatoms. The summed E-state index contributed by atoms with van der Waals surface area (Å²) in [4.78, 5) is 16.9. The van der Waals surface area contributed by atoms with Crippen LogP contribution in [0.15, 0.2) is 23.1 Å². The summed E-state index contributed by atoms with van der Waals surface area (Å²) in [7, 11) is -3.44. The van der Waals surface area contributed by atoms with E-state index in [1.807, 2.05) is 25.7 Å². The van der Waals surface area contributed by atoms with Gasteiger partial charge in [0.15, 0.2) is 21.4 Å². The van der Waals surface area contributed by atoms with Crippen LogP contribution in [0.25, 0.3) is 0 Å². The molecule has 7 nitrogen and oxygen atoms in total. The average Bonchev–Trinajstić information content (AvgIpc) is 3.51. The van der Waals surface area contributed by atoms with Crippen LogP contribution in [0.5, 0.6) is 5.75 Å². The van der Waals surface area contributed by atoms with E-state index in [-0.39, 0.29) is 22.8 Å². The monoisotopic (exact) mass is 482 g/mol. The molecule has 33 heavy (non-hydrogen) atoms. The Hall–Kier alpha value is -1.87. The molecule has 0 aromatic heterocycles. The Morgan fingerprint density at radius 1 is 1.12 bits per heavy atom. The molecule has 4 rings (SSSR count). The van der Waals surface area contributed by atoms with Crippen molar-refractivity contribution in [1.29, 1.82) is 0 Å². The number of hydrogen-bond donors (Lipinski definition) is 0. The maximum Gasteiger partial charge on any atom is 0.410 e. The molecule has 3 fully saturated rings. The Bertz CT molecular complexity index is 985. The molecule has 0 spiro atoms. The number of amides is 1. The van der Waals surface area contributed by atoms with E-state index in [0.29, 0.717) is 31.2 Å². The number of fused-ring (bicyclic) bond motifs is 1. The largest absolute Gasteiger partial charge is 0.490 e.